The number of pyridine rings is 1. The number of thioether (sulfide) groups is 1. The Kier molecular flexibility index (Phi) is 6.40. The van der Waals surface area contributed by atoms with Crippen LogP contribution in [0.15, 0.2) is 90.2 Å². The fourth-order valence-corrected chi connectivity index (χ4v) is 3.28. The van der Waals surface area contributed by atoms with E-state index in [1.54, 1.807) is 41.2 Å². The first-order valence-electron chi connectivity index (χ1n) is 8.83. The first-order valence-corrected chi connectivity index (χ1v) is 10.1. The van der Waals surface area contributed by atoms with Crippen molar-refractivity contribution in [3.8, 4) is 0 Å². The number of carbonyl (C=O) groups is 2. The van der Waals surface area contributed by atoms with Crippen LogP contribution in [0.2, 0.25) is 0 Å². The number of rotatable bonds is 6. The Morgan fingerprint density at radius 1 is 0.821 bits per heavy atom. The van der Waals surface area contributed by atoms with Crippen molar-refractivity contribution in [2.24, 2.45) is 0 Å². The van der Waals surface area contributed by atoms with Crippen LogP contribution >= 0.6 is 11.8 Å². The third-order valence-electron chi connectivity index (χ3n) is 4.18. The zero-order chi connectivity index (χ0) is 19.9. The largest absolute Gasteiger partial charge is 0.311 e. The normalized spacial score (nSPS) is 11.5. The number of aromatic nitrogens is 1. The maximum Gasteiger partial charge on any atom is 0.289 e. The Bertz CT molecular complexity index is 998. The number of allylic oxidation sites excluding steroid dienone is 1. The van der Waals surface area contributed by atoms with Gasteiger partial charge in [0.2, 0.25) is 0 Å². The van der Waals surface area contributed by atoms with Crippen LogP contribution in [0, 0.1) is 6.92 Å². The van der Waals surface area contributed by atoms with Crippen molar-refractivity contribution in [2.45, 2.75) is 6.92 Å². The van der Waals surface area contributed by atoms with E-state index in [0.29, 0.717) is 21.9 Å². The molecule has 3 aromatic rings. The van der Waals surface area contributed by atoms with E-state index in [4.69, 9.17) is 0 Å². The Labute approximate surface area is 168 Å². The summed E-state index contributed by atoms with van der Waals surface area (Å²) in [5.41, 5.74) is 2.59. The van der Waals surface area contributed by atoms with Gasteiger partial charge in [-0.2, -0.15) is 4.57 Å². The van der Waals surface area contributed by atoms with Gasteiger partial charge in [0.15, 0.2) is 17.4 Å². The van der Waals surface area contributed by atoms with Crippen LogP contribution in [0.3, 0.4) is 0 Å². The number of Topliss-reactive ketones (excluding diaryl/α,β-unsaturated/α-hetero) is 1. The van der Waals surface area contributed by atoms with Gasteiger partial charge in [-0.1, -0.05) is 54.1 Å². The molecule has 0 unspecified atom stereocenters. The predicted octanol–water partition coefficient (Wildman–Crippen LogP) is 4.08. The van der Waals surface area contributed by atoms with Crippen molar-refractivity contribution < 1.29 is 14.2 Å². The molecule has 0 atom stereocenters. The van der Waals surface area contributed by atoms with Crippen molar-refractivity contribution in [2.75, 3.05) is 6.26 Å². The summed E-state index contributed by atoms with van der Waals surface area (Å²) in [6, 6.07) is 21.9. The van der Waals surface area contributed by atoms with E-state index in [0.717, 1.165) is 5.56 Å². The molecular weight excluding hydrogens is 368 g/mol. The number of carbonyl (C=O) groups excluding carboxylic acids is 2. The lowest BCUT2D eigenvalue weighted by atomic mass is 10.1. The van der Waals surface area contributed by atoms with Gasteiger partial charge >= 0.3 is 0 Å². The summed E-state index contributed by atoms with van der Waals surface area (Å²) < 4.78 is 1.73. The van der Waals surface area contributed by atoms with Gasteiger partial charge in [-0.15, -0.1) is 11.8 Å². The highest BCUT2D eigenvalue weighted by Gasteiger charge is 2.27. The molecular formula is C23H21N2O2S+. The third-order valence-corrected chi connectivity index (χ3v) is 4.89. The highest BCUT2D eigenvalue weighted by atomic mass is 32.2. The molecule has 0 saturated carbocycles. The van der Waals surface area contributed by atoms with E-state index < -0.39 is 0 Å². The molecule has 0 radical (unpaired) electrons. The van der Waals surface area contributed by atoms with Gasteiger partial charge in [0, 0.05) is 23.3 Å². The second-order valence-electron chi connectivity index (χ2n) is 6.18. The van der Waals surface area contributed by atoms with Crippen molar-refractivity contribution in [3.63, 3.8) is 0 Å². The molecule has 4 nitrogen and oxygen atoms in total. The molecule has 0 spiro atoms. The summed E-state index contributed by atoms with van der Waals surface area (Å²) >= 11 is 1.33. The summed E-state index contributed by atoms with van der Waals surface area (Å²) in [7, 11) is 0. The first-order chi connectivity index (χ1) is 13.6. The van der Waals surface area contributed by atoms with Gasteiger partial charge in [-0.05, 0) is 25.3 Å². The molecule has 0 aliphatic heterocycles. The van der Waals surface area contributed by atoms with E-state index >= 15 is 0 Å². The number of hydrogen-bond acceptors (Lipinski definition) is 3. The van der Waals surface area contributed by atoms with Crippen LogP contribution < -0.4 is 9.88 Å². The first kappa shape index (κ1) is 19.6. The number of ketones is 1. The molecule has 2 aromatic carbocycles. The summed E-state index contributed by atoms with van der Waals surface area (Å²) in [6.07, 6.45) is 5.43. The maximum absolute atomic E-state index is 13.3. The van der Waals surface area contributed by atoms with Gasteiger partial charge < -0.3 is 5.32 Å². The molecule has 0 fully saturated rings. The zero-order valence-electron chi connectivity index (χ0n) is 15.8. The van der Waals surface area contributed by atoms with Crippen LogP contribution in [0.25, 0.3) is 5.70 Å². The molecule has 28 heavy (non-hydrogen) atoms. The van der Waals surface area contributed by atoms with Crippen molar-refractivity contribution in [1.29, 1.82) is 0 Å². The molecule has 0 aliphatic carbocycles. The predicted molar refractivity (Wildman–Crippen MR) is 113 cm³/mol. The molecule has 0 aliphatic rings. The fourth-order valence-electron chi connectivity index (χ4n) is 2.70. The van der Waals surface area contributed by atoms with E-state index in [1.807, 2.05) is 61.7 Å². The monoisotopic (exact) mass is 389 g/mol. The van der Waals surface area contributed by atoms with E-state index in [-0.39, 0.29) is 11.7 Å². The zero-order valence-corrected chi connectivity index (χ0v) is 16.6. The molecule has 0 saturated heterocycles. The summed E-state index contributed by atoms with van der Waals surface area (Å²) in [4.78, 5) is 26.0. The third kappa shape index (κ3) is 4.56. The van der Waals surface area contributed by atoms with Gasteiger partial charge in [0.1, 0.15) is 0 Å². The highest BCUT2D eigenvalue weighted by molar-refractivity contribution is 8.02. The minimum atomic E-state index is -0.251. The average Bonchev–Trinajstić information content (AvgIpc) is 2.75. The summed E-state index contributed by atoms with van der Waals surface area (Å²) in [6.45, 7) is 1.97. The molecule has 140 valence electrons. The Hall–Kier alpha value is -3.18. The highest BCUT2D eigenvalue weighted by Crippen LogP contribution is 2.19. The van der Waals surface area contributed by atoms with E-state index in [2.05, 4.69) is 5.32 Å². The van der Waals surface area contributed by atoms with Crippen LogP contribution in [0.4, 0.5) is 0 Å². The van der Waals surface area contributed by atoms with Gasteiger partial charge in [-0.3, -0.25) is 9.59 Å². The summed E-state index contributed by atoms with van der Waals surface area (Å²) in [5, 5.41) is 3.41. The minimum Gasteiger partial charge on any atom is -0.311 e. The van der Waals surface area contributed by atoms with Gasteiger partial charge in [-0.25, -0.2) is 0 Å². The van der Waals surface area contributed by atoms with Crippen molar-refractivity contribution >= 4 is 29.1 Å². The molecule has 5 heteroatoms. The number of hydrogen-bond donors (Lipinski definition) is 1. The van der Waals surface area contributed by atoms with Crippen LogP contribution in [0.1, 0.15) is 26.3 Å². The molecule has 0 bridgehead atoms. The standard InChI is InChI=1S/C23H20N2O2S/c1-17-11-13-19(14-12-17)22(27)24-23(28-2)20(25-15-7-4-8-16-25)21(26)18-9-5-3-6-10-18/h3-16H,1-2H3/p+1. The molecule has 1 heterocycles. The Morgan fingerprint density at radius 3 is 2.04 bits per heavy atom. The molecule has 1 N–H and O–H groups in total. The molecule has 3 rings (SSSR count). The average molecular weight is 390 g/mol. The summed E-state index contributed by atoms with van der Waals surface area (Å²) in [5.74, 6) is -0.412. The second-order valence-corrected chi connectivity index (χ2v) is 7.00. The Balaban J connectivity index is 2.04. The second kappa shape index (κ2) is 9.15. The molecule has 1 aromatic heterocycles. The maximum atomic E-state index is 13.3. The lowest BCUT2D eigenvalue weighted by Gasteiger charge is -2.10. The topological polar surface area (TPSA) is 50.1 Å². The smallest absolute Gasteiger partial charge is 0.289 e. The number of nitrogens with zero attached hydrogens (tertiary/aromatic N) is 1. The lowest BCUT2D eigenvalue weighted by molar-refractivity contribution is -0.577. The lowest BCUT2D eigenvalue weighted by Crippen LogP contribution is -2.39. The quantitative estimate of drug-likeness (QED) is 0.393. The SMILES string of the molecule is CSC(NC(=O)c1ccc(C)cc1)=C(C(=O)c1ccccc1)[n+]1ccccc1. The van der Waals surface area contributed by atoms with Crippen LogP contribution in [0.5, 0.6) is 0 Å². The van der Waals surface area contributed by atoms with Crippen molar-refractivity contribution in [1.82, 2.24) is 5.32 Å². The number of nitrogens with one attached hydrogen (secondary N) is 1. The minimum absolute atomic E-state index is 0.162. The number of benzene rings is 2. The van der Waals surface area contributed by atoms with Gasteiger partial charge in [0.25, 0.3) is 17.4 Å². The number of amides is 1. The van der Waals surface area contributed by atoms with E-state index in [9.17, 15) is 9.59 Å². The molecule has 1 amide bonds. The van der Waals surface area contributed by atoms with Gasteiger partial charge in [0.05, 0.1) is 0 Å². The van der Waals surface area contributed by atoms with Crippen molar-refractivity contribution in [3.05, 3.63) is 107 Å². The fraction of sp³-hybridized carbons (Fsp3) is 0.0870. The Morgan fingerprint density at radius 2 is 1.43 bits per heavy atom. The van der Waals surface area contributed by atoms with E-state index in [1.165, 1.54) is 11.8 Å². The van der Waals surface area contributed by atoms with Crippen LogP contribution in [-0.4, -0.2) is 17.9 Å². The van der Waals surface area contributed by atoms with Crippen LogP contribution in [-0.2, 0) is 0 Å². The number of aryl methyl sites for hydroxylation is 1.